The van der Waals surface area contributed by atoms with Crippen LogP contribution in [0.1, 0.15) is 46.0 Å². The van der Waals surface area contributed by atoms with E-state index < -0.39 is 0 Å². The summed E-state index contributed by atoms with van der Waals surface area (Å²) >= 11 is 0. The lowest BCUT2D eigenvalue weighted by atomic mass is 10.1. The molecule has 0 amide bonds. The first-order chi connectivity index (χ1) is 5.77. The first-order valence-corrected chi connectivity index (χ1v) is 5.22. The molecule has 0 heterocycles. The maximum absolute atomic E-state index is 9.57. The molecule has 0 aromatic rings. The molecule has 1 rings (SSSR count). The van der Waals surface area contributed by atoms with E-state index in [-0.39, 0.29) is 6.10 Å². The second-order valence-corrected chi connectivity index (χ2v) is 3.78. The molecule has 1 unspecified atom stereocenters. The molecule has 2 atom stereocenters. The van der Waals surface area contributed by atoms with Gasteiger partial charge in [-0.3, -0.25) is 0 Å². The molecule has 0 aliphatic heterocycles. The summed E-state index contributed by atoms with van der Waals surface area (Å²) < 4.78 is 0. The molecule has 0 saturated heterocycles. The van der Waals surface area contributed by atoms with Gasteiger partial charge in [0.25, 0.3) is 0 Å². The van der Waals surface area contributed by atoms with Crippen molar-refractivity contribution in [2.45, 2.75) is 64.1 Å². The molecule has 72 valence electrons. The second-order valence-electron chi connectivity index (χ2n) is 3.78. The zero-order valence-electron chi connectivity index (χ0n) is 8.21. The fraction of sp³-hybridized carbons (Fsp3) is 1.00. The van der Waals surface area contributed by atoms with Crippen molar-refractivity contribution in [3.05, 3.63) is 0 Å². The molecular formula is C10H21NO. The first-order valence-electron chi connectivity index (χ1n) is 5.22. The lowest BCUT2D eigenvalue weighted by Crippen LogP contribution is -2.42. The van der Waals surface area contributed by atoms with Gasteiger partial charge in [0.2, 0.25) is 0 Å². The van der Waals surface area contributed by atoms with Gasteiger partial charge in [0.05, 0.1) is 6.10 Å². The molecule has 2 N–H and O–H groups in total. The van der Waals surface area contributed by atoms with Crippen molar-refractivity contribution in [1.82, 2.24) is 5.32 Å². The maximum atomic E-state index is 9.57. The summed E-state index contributed by atoms with van der Waals surface area (Å²) in [4.78, 5) is 0. The standard InChI is InChI=1S/C10H21NO/c1-3-8(4-2)11-9-6-5-7-10(9)12/h8-12H,3-7H2,1-2H3/t9?,10-/m1/s1. The molecule has 1 aliphatic carbocycles. The van der Waals surface area contributed by atoms with Gasteiger partial charge in [-0.1, -0.05) is 13.8 Å². The Kier molecular flexibility index (Phi) is 4.02. The molecule has 1 saturated carbocycles. The topological polar surface area (TPSA) is 32.3 Å². The highest BCUT2D eigenvalue weighted by Gasteiger charge is 2.25. The minimum absolute atomic E-state index is 0.0920. The fourth-order valence-corrected chi connectivity index (χ4v) is 1.96. The zero-order chi connectivity index (χ0) is 8.97. The molecule has 12 heavy (non-hydrogen) atoms. The third-order valence-corrected chi connectivity index (χ3v) is 2.91. The molecule has 2 heteroatoms. The third kappa shape index (κ3) is 2.46. The van der Waals surface area contributed by atoms with Gasteiger partial charge in [-0.15, -0.1) is 0 Å². The molecule has 0 bridgehead atoms. The van der Waals surface area contributed by atoms with E-state index in [9.17, 15) is 5.11 Å². The van der Waals surface area contributed by atoms with Gasteiger partial charge in [-0.25, -0.2) is 0 Å². The summed E-state index contributed by atoms with van der Waals surface area (Å²) in [6.45, 7) is 4.39. The summed E-state index contributed by atoms with van der Waals surface area (Å²) in [7, 11) is 0. The molecule has 1 fully saturated rings. The van der Waals surface area contributed by atoms with E-state index in [0.29, 0.717) is 12.1 Å². The molecule has 1 aliphatic rings. The van der Waals surface area contributed by atoms with Crippen LogP contribution in [0.5, 0.6) is 0 Å². The van der Waals surface area contributed by atoms with Crippen LogP contribution in [0.15, 0.2) is 0 Å². The highest BCUT2D eigenvalue weighted by atomic mass is 16.3. The van der Waals surface area contributed by atoms with E-state index in [1.54, 1.807) is 0 Å². The van der Waals surface area contributed by atoms with Crippen LogP contribution in [-0.4, -0.2) is 23.3 Å². The Morgan fingerprint density at radius 1 is 1.33 bits per heavy atom. The Balaban J connectivity index is 2.28. The lowest BCUT2D eigenvalue weighted by Gasteiger charge is -2.22. The van der Waals surface area contributed by atoms with E-state index in [4.69, 9.17) is 0 Å². The lowest BCUT2D eigenvalue weighted by molar-refractivity contribution is 0.141. The number of aliphatic hydroxyl groups is 1. The Morgan fingerprint density at radius 3 is 2.42 bits per heavy atom. The summed E-state index contributed by atoms with van der Waals surface area (Å²) in [6, 6.07) is 0.970. The fourth-order valence-electron chi connectivity index (χ4n) is 1.96. The predicted octanol–water partition coefficient (Wildman–Crippen LogP) is 1.68. The molecule has 0 aromatic heterocycles. The number of hydrogen-bond acceptors (Lipinski definition) is 2. The number of nitrogens with one attached hydrogen (secondary N) is 1. The van der Waals surface area contributed by atoms with E-state index in [2.05, 4.69) is 19.2 Å². The van der Waals surface area contributed by atoms with E-state index in [0.717, 1.165) is 12.8 Å². The summed E-state index contributed by atoms with van der Waals surface area (Å²) in [6.07, 6.45) is 5.55. The van der Waals surface area contributed by atoms with Crippen LogP contribution in [0, 0.1) is 0 Å². The van der Waals surface area contributed by atoms with E-state index in [1.807, 2.05) is 0 Å². The van der Waals surface area contributed by atoms with Gasteiger partial charge < -0.3 is 10.4 Å². The van der Waals surface area contributed by atoms with Crippen molar-refractivity contribution in [3.8, 4) is 0 Å². The summed E-state index contributed by atoms with van der Waals surface area (Å²) in [5.41, 5.74) is 0. The quantitative estimate of drug-likeness (QED) is 0.674. The van der Waals surface area contributed by atoms with Gasteiger partial charge >= 0.3 is 0 Å². The van der Waals surface area contributed by atoms with Crippen LogP contribution < -0.4 is 5.32 Å². The smallest absolute Gasteiger partial charge is 0.0693 e. The summed E-state index contributed by atoms with van der Waals surface area (Å²) in [5, 5.41) is 13.1. The normalized spacial score (nSPS) is 30.0. The molecule has 0 aromatic carbocycles. The Hall–Kier alpha value is -0.0800. The van der Waals surface area contributed by atoms with Crippen molar-refractivity contribution in [3.63, 3.8) is 0 Å². The van der Waals surface area contributed by atoms with Crippen molar-refractivity contribution < 1.29 is 5.11 Å². The monoisotopic (exact) mass is 171 g/mol. The average molecular weight is 171 g/mol. The van der Waals surface area contributed by atoms with Crippen molar-refractivity contribution in [1.29, 1.82) is 0 Å². The SMILES string of the molecule is CCC(CC)NC1CCC[C@H]1O. The summed E-state index contributed by atoms with van der Waals surface area (Å²) in [5.74, 6) is 0. The van der Waals surface area contributed by atoms with Crippen LogP contribution in [0.3, 0.4) is 0 Å². The Morgan fingerprint density at radius 2 is 2.00 bits per heavy atom. The van der Waals surface area contributed by atoms with Crippen LogP contribution >= 0.6 is 0 Å². The van der Waals surface area contributed by atoms with Crippen molar-refractivity contribution >= 4 is 0 Å². The van der Waals surface area contributed by atoms with Crippen LogP contribution in [-0.2, 0) is 0 Å². The molecule has 0 spiro atoms. The number of hydrogen-bond donors (Lipinski definition) is 2. The third-order valence-electron chi connectivity index (χ3n) is 2.91. The largest absolute Gasteiger partial charge is 0.392 e. The molecule has 2 nitrogen and oxygen atoms in total. The second kappa shape index (κ2) is 4.83. The van der Waals surface area contributed by atoms with Crippen molar-refractivity contribution in [2.24, 2.45) is 0 Å². The highest BCUT2D eigenvalue weighted by Crippen LogP contribution is 2.19. The zero-order valence-corrected chi connectivity index (χ0v) is 8.21. The van der Waals surface area contributed by atoms with Crippen molar-refractivity contribution in [2.75, 3.05) is 0 Å². The minimum Gasteiger partial charge on any atom is -0.392 e. The first kappa shape index (κ1) is 10.0. The predicted molar refractivity (Wildman–Crippen MR) is 51.2 cm³/mol. The van der Waals surface area contributed by atoms with Gasteiger partial charge in [0, 0.05) is 12.1 Å². The Bertz CT molecular complexity index is 123. The van der Waals surface area contributed by atoms with Crippen LogP contribution in [0.25, 0.3) is 0 Å². The van der Waals surface area contributed by atoms with Crippen LogP contribution in [0.2, 0.25) is 0 Å². The van der Waals surface area contributed by atoms with Gasteiger partial charge in [-0.05, 0) is 32.1 Å². The Labute approximate surface area is 75.4 Å². The van der Waals surface area contributed by atoms with Crippen LogP contribution in [0.4, 0.5) is 0 Å². The number of rotatable bonds is 4. The van der Waals surface area contributed by atoms with E-state index >= 15 is 0 Å². The highest BCUT2D eigenvalue weighted by molar-refractivity contribution is 4.84. The van der Waals surface area contributed by atoms with Gasteiger partial charge in [-0.2, -0.15) is 0 Å². The maximum Gasteiger partial charge on any atom is 0.0693 e. The molecule has 0 radical (unpaired) electrons. The van der Waals surface area contributed by atoms with Gasteiger partial charge in [0.15, 0.2) is 0 Å². The minimum atomic E-state index is -0.0920. The van der Waals surface area contributed by atoms with Gasteiger partial charge in [0.1, 0.15) is 0 Å². The van der Waals surface area contributed by atoms with E-state index in [1.165, 1.54) is 19.3 Å². The molecular weight excluding hydrogens is 150 g/mol. The number of aliphatic hydroxyl groups excluding tert-OH is 1. The average Bonchev–Trinajstić information content (AvgIpc) is 2.47.